The van der Waals surface area contributed by atoms with E-state index in [4.69, 9.17) is 4.74 Å². The van der Waals surface area contributed by atoms with E-state index in [0.29, 0.717) is 24.4 Å². The van der Waals surface area contributed by atoms with Crippen molar-refractivity contribution >= 4 is 33.3 Å². The molecule has 0 bridgehead atoms. The van der Waals surface area contributed by atoms with Crippen molar-refractivity contribution in [2.75, 3.05) is 32.1 Å². The van der Waals surface area contributed by atoms with E-state index in [1.807, 2.05) is 13.0 Å². The average Bonchev–Trinajstić information content (AvgIpc) is 3.03. The van der Waals surface area contributed by atoms with Crippen molar-refractivity contribution in [1.82, 2.24) is 15.3 Å². The first-order valence-corrected chi connectivity index (χ1v) is 9.91. The zero-order valence-electron chi connectivity index (χ0n) is 15.9. The van der Waals surface area contributed by atoms with Crippen LogP contribution >= 0.6 is 11.3 Å². The molecule has 0 aliphatic rings. The summed E-state index contributed by atoms with van der Waals surface area (Å²) in [5, 5.41) is 7.08. The van der Waals surface area contributed by atoms with Crippen molar-refractivity contribution in [2.45, 2.75) is 19.8 Å². The maximum Gasteiger partial charge on any atom is 0.261 e. The molecule has 148 valence electrons. The second kappa shape index (κ2) is 9.57. The second-order valence-electron chi connectivity index (χ2n) is 6.37. The number of nitrogens with one attached hydrogen (secondary N) is 2. The lowest BCUT2D eigenvalue weighted by Gasteiger charge is -2.07. The Kier molecular flexibility index (Phi) is 6.89. The lowest BCUT2D eigenvalue weighted by Crippen LogP contribution is -2.25. The van der Waals surface area contributed by atoms with Crippen molar-refractivity contribution in [2.24, 2.45) is 0 Å². The van der Waals surface area contributed by atoms with Crippen molar-refractivity contribution < 1.29 is 13.9 Å². The van der Waals surface area contributed by atoms with Gasteiger partial charge in [0.2, 0.25) is 0 Å². The summed E-state index contributed by atoms with van der Waals surface area (Å²) < 4.78 is 18.3. The van der Waals surface area contributed by atoms with Crippen LogP contribution in [0.15, 0.2) is 30.6 Å². The number of halogens is 1. The molecule has 0 fully saturated rings. The highest BCUT2D eigenvalue weighted by atomic mass is 32.1. The fourth-order valence-corrected chi connectivity index (χ4v) is 4.00. The number of ether oxygens (including phenoxy) is 1. The number of hydrogen-bond acceptors (Lipinski definition) is 6. The predicted molar refractivity (Wildman–Crippen MR) is 110 cm³/mol. The van der Waals surface area contributed by atoms with E-state index >= 15 is 0 Å². The Balaban J connectivity index is 1.68. The van der Waals surface area contributed by atoms with Gasteiger partial charge < -0.3 is 15.4 Å². The Morgan fingerprint density at radius 1 is 1.29 bits per heavy atom. The first kappa shape index (κ1) is 20.2. The number of amides is 1. The number of carbonyl (C=O) groups is 1. The van der Waals surface area contributed by atoms with Crippen LogP contribution in [0.3, 0.4) is 0 Å². The zero-order chi connectivity index (χ0) is 19.9. The minimum absolute atomic E-state index is 0.151. The van der Waals surface area contributed by atoms with Gasteiger partial charge in [-0.25, -0.2) is 14.4 Å². The molecule has 0 radical (unpaired) electrons. The maximum absolute atomic E-state index is 13.2. The molecule has 0 aliphatic carbocycles. The number of benzene rings is 1. The van der Waals surface area contributed by atoms with Crippen LogP contribution in [0.1, 0.15) is 27.2 Å². The Morgan fingerprint density at radius 2 is 2.14 bits per heavy atom. The Morgan fingerprint density at radius 3 is 2.93 bits per heavy atom. The summed E-state index contributed by atoms with van der Waals surface area (Å²) in [6, 6.07) is 6.40. The summed E-state index contributed by atoms with van der Waals surface area (Å²) in [6.45, 7) is 3.74. The molecular weight excluding hydrogens is 379 g/mol. The van der Waals surface area contributed by atoms with E-state index in [-0.39, 0.29) is 11.7 Å². The third-order valence-electron chi connectivity index (χ3n) is 4.34. The molecule has 2 heterocycles. The van der Waals surface area contributed by atoms with Crippen LogP contribution in [0.2, 0.25) is 0 Å². The number of methoxy groups -OCH3 is 1. The fraction of sp³-hybridized carbons (Fsp3) is 0.350. The number of aromatic nitrogens is 2. The number of fused-ring (bicyclic) bond motifs is 1. The highest BCUT2D eigenvalue weighted by molar-refractivity contribution is 7.20. The highest BCUT2D eigenvalue weighted by Gasteiger charge is 2.19. The van der Waals surface area contributed by atoms with E-state index in [1.54, 1.807) is 13.2 Å². The van der Waals surface area contributed by atoms with E-state index in [9.17, 15) is 9.18 Å². The van der Waals surface area contributed by atoms with Crippen LogP contribution in [0.5, 0.6) is 0 Å². The summed E-state index contributed by atoms with van der Waals surface area (Å²) in [5.74, 6) is 0.309. The second-order valence-corrected chi connectivity index (χ2v) is 7.37. The van der Waals surface area contributed by atoms with Crippen LogP contribution in [0, 0.1) is 12.7 Å². The molecule has 8 heteroatoms. The SMILES string of the molecule is COCCCNc1ncnc2sc(C(=O)NCCc3cccc(F)c3)c(C)c12. The molecule has 0 spiro atoms. The molecule has 0 saturated heterocycles. The number of rotatable bonds is 9. The van der Waals surface area contributed by atoms with Crippen LogP contribution < -0.4 is 10.6 Å². The van der Waals surface area contributed by atoms with Crippen molar-refractivity contribution in [1.29, 1.82) is 0 Å². The van der Waals surface area contributed by atoms with E-state index < -0.39 is 0 Å². The molecule has 1 aromatic carbocycles. The highest BCUT2D eigenvalue weighted by Crippen LogP contribution is 2.33. The largest absolute Gasteiger partial charge is 0.385 e. The molecule has 6 nitrogen and oxygen atoms in total. The predicted octanol–water partition coefficient (Wildman–Crippen LogP) is 3.56. The van der Waals surface area contributed by atoms with E-state index in [0.717, 1.165) is 40.1 Å². The summed E-state index contributed by atoms with van der Waals surface area (Å²) in [7, 11) is 1.67. The average molecular weight is 402 g/mol. The zero-order valence-corrected chi connectivity index (χ0v) is 16.7. The number of aryl methyl sites for hydroxylation is 1. The van der Waals surface area contributed by atoms with Gasteiger partial charge in [0, 0.05) is 26.8 Å². The van der Waals surface area contributed by atoms with Gasteiger partial charge in [0.15, 0.2) is 0 Å². The van der Waals surface area contributed by atoms with Gasteiger partial charge in [0.1, 0.15) is 22.8 Å². The molecule has 3 rings (SSSR count). The normalized spacial score (nSPS) is 11.0. The molecule has 0 atom stereocenters. The number of carbonyl (C=O) groups excluding carboxylic acids is 1. The molecule has 0 saturated carbocycles. The maximum atomic E-state index is 13.2. The molecular formula is C20H23FN4O2S. The van der Waals surface area contributed by atoms with Crippen LogP contribution in [-0.4, -0.2) is 42.7 Å². The lowest BCUT2D eigenvalue weighted by molar-refractivity contribution is 0.0957. The van der Waals surface area contributed by atoms with Crippen LogP contribution in [0.4, 0.5) is 10.2 Å². The van der Waals surface area contributed by atoms with Crippen molar-refractivity contribution in [3.05, 3.63) is 52.4 Å². The van der Waals surface area contributed by atoms with Crippen LogP contribution in [0.25, 0.3) is 10.2 Å². The molecule has 2 aromatic heterocycles. The number of anilines is 1. The molecule has 28 heavy (non-hydrogen) atoms. The first-order chi connectivity index (χ1) is 13.6. The molecule has 0 aliphatic heterocycles. The minimum Gasteiger partial charge on any atom is -0.385 e. The number of nitrogens with zero attached hydrogens (tertiary/aromatic N) is 2. The molecule has 3 aromatic rings. The van der Waals surface area contributed by atoms with E-state index in [1.165, 1.54) is 29.8 Å². The first-order valence-electron chi connectivity index (χ1n) is 9.09. The van der Waals surface area contributed by atoms with E-state index in [2.05, 4.69) is 20.6 Å². The lowest BCUT2D eigenvalue weighted by atomic mass is 10.1. The fourth-order valence-electron chi connectivity index (χ4n) is 2.94. The van der Waals surface area contributed by atoms with Gasteiger partial charge in [0.05, 0.1) is 10.3 Å². The van der Waals surface area contributed by atoms with Crippen LogP contribution in [-0.2, 0) is 11.2 Å². The monoisotopic (exact) mass is 402 g/mol. The summed E-state index contributed by atoms with van der Waals surface area (Å²) in [6.07, 6.45) is 2.93. The van der Waals surface area contributed by atoms with Gasteiger partial charge in [-0.1, -0.05) is 12.1 Å². The number of hydrogen-bond donors (Lipinski definition) is 2. The third kappa shape index (κ3) is 4.82. The van der Waals surface area contributed by atoms with Gasteiger partial charge in [-0.2, -0.15) is 0 Å². The Labute approximate surface area is 167 Å². The van der Waals surface area contributed by atoms with Gasteiger partial charge in [-0.3, -0.25) is 4.79 Å². The summed E-state index contributed by atoms with van der Waals surface area (Å²) >= 11 is 1.35. The Hall–Kier alpha value is -2.58. The molecule has 1 amide bonds. The van der Waals surface area contributed by atoms with Gasteiger partial charge in [-0.05, 0) is 43.0 Å². The molecule has 2 N–H and O–H groups in total. The summed E-state index contributed by atoms with van der Waals surface area (Å²) in [5.41, 5.74) is 1.71. The van der Waals surface area contributed by atoms with Gasteiger partial charge in [-0.15, -0.1) is 11.3 Å². The summed E-state index contributed by atoms with van der Waals surface area (Å²) in [4.78, 5) is 22.7. The third-order valence-corrected chi connectivity index (χ3v) is 5.54. The Bertz CT molecular complexity index is 961. The quantitative estimate of drug-likeness (QED) is 0.535. The van der Waals surface area contributed by atoms with Gasteiger partial charge in [0.25, 0.3) is 5.91 Å². The van der Waals surface area contributed by atoms with Crippen molar-refractivity contribution in [3.8, 4) is 0 Å². The van der Waals surface area contributed by atoms with Gasteiger partial charge >= 0.3 is 0 Å². The topological polar surface area (TPSA) is 76.1 Å². The van der Waals surface area contributed by atoms with Crippen molar-refractivity contribution in [3.63, 3.8) is 0 Å². The standard InChI is InChI=1S/C20H23FN4O2S/c1-13-16-18(22-8-4-10-27-2)24-12-25-20(16)28-17(13)19(26)23-9-7-14-5-3-6-15(21)11-14/h3,5-6,11-12H,4,7-10H2,1-2H3,(H,23,26)(H,22,24,25). The molecule has 0 unspecified atom stereocenters. The smallest absolute Gasteiger partial charge is 0.261 e. The minimum atomic E-state index is -0.270. The number of thiophene rings is 1.